The quantitative estimate of drug-likeness (QED) is 0.132. The Hall–Kier alpha value is -0.720. The van der Waals surface area contributed by atoms with Gasteiger partial charge in [-0.15, -0.1) is 0 Å². The van der Waals surface area contributed by atoms with E-state index in [1.54, 1.807) is 6.08 Å². The van der Waals surface area contributed by atoms with E-state index < -0.39 is 0 Å². The molecule has 148 valence electrons. The van der Waals surface area contributed by atoms with Crippen molar-refractivity contribution >= 4 is 0 Å². The van der Waals surface area contributed by atoms with E-state index in [9.17, 15) is 0 Å². The molecule has 0 saturated carbocycles. The van der Waals surface area contributed by atoms with E-state index in [0.29, 0.717) is 0 Å². The molecule has 1 heteroatoms. The Bertz CT molecular complexity index is 280. The Balaban J connectivity index is 3.00. The lowest BCUT2D eigenvalue weighted by Gasteiger charge is -2.03. The third-order valence-corrected chi connectivity index (χ3v) is 5.06. The molecule has 0 heterocycles. The van der Waals surface area contributed by atoms with Crippen LogP contribution in [0.5, 0.6) is 0 Å². The van der Waals surface area contributed by atoms with Gasteiger partial charge in [0, 0.05) is 0 Å². The highest BCUT2D eigenvalue weighted by molar-refractivity contribution is 4.98. The molecule has 0 aliphatic heterocycles. The Morgan fingerprint density at radius 3 is 1.20 bits per heavy atom. The van der Waals surface area contributed by atoms with Gasteiger partial charge in [-0.1, -0.05) is 128 Å². The van der Waals surface area contributed by atoms with Crippen LogP contribution in [-0.2, 0) is 0 Å². The number of aliphatic hydroxyl groups excluding tert-OH is 1. The molecule has 0 aliphatic carbocycles. The first kappa shape index (κ1) is 24.3. The molecule has 0 aromatic heterocycles. The number of rotatable bonds is 20. The number of allylic oxidation sites excluding steroid dienone is 3. The fourth-order valence-corrected chi connectivity index (χ4v) is 3.39. The van der Waals surface area contributed by atoms with Crippen molar-refractivity contribution < 1.29 is 5.11 Å². The summed E-state index contributed by atoms with van der Waals surface area (Å²) in [5.41, 5.74) is 0. The van der Waals surface area contributed by atoms with Crippen molar-refractivity contribution in [3.05, 3.63) is 24.5 Å². The average Bonchev–Trinajstić information content (AvgIpc) is 2.63. The first-order valence-corrected chi connectivity index (χ1v) is 11.4. The van der Waals surface area contributed by atoms with Gasteiger partial charge < -0.3 is 5.11 Å². The molecule has 0 bridgehead atoms. The van der Waals surface area contributed by atoms with Crippen molar-refractivity contribution in [1.29, 1.82) is 0 Å². The topological polar surface area (TPSA) is 20.2 Å². The highest BCUT2D eigenvalue weighted by atomic mass is 16.2. The van der Waals surface area contributed by atoms with Crippen LogP contribution in [0.3, 0.4) is 0 Å². The summed E-state index contributed by atoms with van der Waals surface area (Å²) in [6.07, 6.45) is 33.7. The molecule has 0 aliphatic rings. The largest absolute Gasteiger partial charge is 0.516 e. The second-order valence-corrected chi connectivity index (χ2v) is 7.57. The predicted molar refractivity (Wildman–Crippen MR) is 114 cm³/mol. The maximum Gasteiger partial charge on any atom is 0.0791 e. The SMILES string of the molecule is CCCCCCCCCCCCCCCCCCCCC=CC=CO. The van der Waals surface area contributed by atoms with Crippen LogP contribution in [0.1, 0.15) is 129 Å². The lowest BCUT2D eigenvalue weighted by molar-refractivity contribution is 0.473. The van der Waals surface area contributed by atoms with Gasteiger partial charge in [0.1, 0.15) is 0 Å². The number of hydrogen-bond donors (Lipinski definition) is 1. The van der Waals surface area contributed by atoms with Crippen LogP contribution in [0.4, 0.5) is 0 Å². The van der Waals surface area contributed by atoms with Crippen LogP contribution >= 0.6 is 0 Å². The van der Waals surface area contributed by atoms with Gasteiger partial charge in [0.25, 0.3) is 0 Å². The van der Waals surface area contributed by atoms with Crippen LogP contribution < -0.4 is 0 Å². The van der Waals surface area contributed by atoms with Crippen molar-refractivity contribution in [3.8, 4) is 0 Å². The number of aliphatic hydroxyl groups is 1. The van der Waals surface area contributed by atoms with Gasteiger partial charge >= 0.3 is 0 Å². The molecule has 0 aromatic carbocycles. The summed E-state index contributed by atoms with van der Waals surface area (Å²) in [4.78, 5) is 0. The Morgan fingerprint density at radius 2 is 0.840 bits per heavy atom. The van der Waals surface area contributed by atoms with E-state index in [2.05, 4.69) is 13.0 Å². The molecule has 0 rings (SSSR count). The van der Waals surface area contributed by atoms with Gasteiger partial charge in [0.15, 0.2) is 0 Å². The van der Waals surface area contributed by atoms with E-state index in [1.165, 1.54) is 116 Å². The minimum absolute atomic E-state index is 1.09. The second-order valence-electron chi connectivity index (χ2n) is 7.57. The zero-order valence-corrected chi connectivity index (χ0v) is 17.2. The third kappa shape index (κ3) is 23.3. The number of hydrogen-bond acceptors (Lipinski definition) is 1. The Morgan fingerprint density at radius 1 is 0.480 bits per heavy atom. The van der Waals surface area contributed by atoms with Gasteiger partial charge in [-0.3, -0.25) is 0 Å². The molecule has 25 heavy (non-hydrogen) atoms. The van der Waals surface area contributed by atoms with Crippen LogP contribution in [-0.4, -0.2) is 5.11 Å². The molecule has 0 aromatic rings. The second kappa shape index (κ2) is 23.3. The Labute approximate surface area is 159 Å². The maximum atomic E-state index is 8.49. The highest BCUT2D eigenvalue weighted by Gasteiger charge is 1.94. The molecule has 0 unspecified atom stereocenters. The van der Waals surface area contributed by atoms with Crippen LogP contribution in [0.15, 0.2) is 24.5 Å². The van der Waals surface area contributed by atoms with E-state index in [1.807, 2.05) is 6.08 Å². The average molecular weight is 351 g/mol. The first-order valence-electron chi connectivity index (χ1n) is 11.4. The smallest absolute Gasteiger partial charge is 0.0791 e. The molecule has 0 radical (unpaired) electrons. The fourth-order valence-electron chi connectivity index (χ4n) is 3.39. The Kier molecular flexibility index (Phi) is 22.6. The summed E-state index contributed by atoms with van der Waals surface area (Å²) in [5, 5.41) is 8.49. The van der Waals surface area contributed by atoms with E-state index in [-0.39, 0.29) is 0 Å². The summed E-state index contributed by atoms with van der Waals surface area (Å²) in [5.74, 6) is 0. The van der Waals surface area contributed by atoms with Crippen molar-refractivity contribution in [2.24, 2.45) is 0 Å². The van der Waals surface area contributed by atoms with Gasteiger partial charge in [-0.2, -0.15) is 0 Å². The zero-order valence-electron chi connectivity index (χ0n) is 17.2. The van der Waals surface area contributed by atoms with E-state index >= 15 is 0 Å². The predicted octanol–water partition coefficient (Wildman–Crippen LogP) is 9.05. The zero-order chi connectivity index (χ0) is 18.3. The van der Waals surface area contributed by atoms with E-state index in [4.69, 9.17) is 5.11 Å². The molecular formula is C24H46O. The summed E-state index contributed by atoms with van der Waals surface area (Å²) in [6.45, 7) is 2.29. The van der Waals surface area contributed by atoms with Gasteiger partial charge in [0.05, 0.1) is 6.26 Å². The highest BCUT2D eigenvalue weighted by Crippen LogP contribution is 2.14. The first-order chi connectivity index (χ1) is 12.4. The lowest BCUT2D eigenvalue weighted by Crippen LogP contribution is -1.84. The normalized spacial score (nSPS) is 11.9. The van der Waals surface area contributed by atoms with Crippen molar-refractivity contribution in [2.45, 2.75) is 129 Å². The van der Waals surface area contributed by atoms with Crippen LogP contribution in [0.25, 0.3) is 0 Å². The minimum Gasteiger partial charge on any atom is -0.516 e. The monoisotopic (exact) mass is 350 g/mol. The molecule has 0 atom stereocenters. The van der Waals surface area contributed by atoms with E-state index in [0.717, 1.165) is 12.7 Å². The summed E-state index contributed by atoms with van der Waals surface area (Å²) in [7, 11) is 0. The molecule has 0 spiro atoms. The van der Waals surface area contributed by atoms with Crippen LogP contribution in [0, 0.1) is 0 Å². The fraction of sp³-hybridized carbons (Fsp3) is 0.833. The third-order valence-electron chi connectivity index (χ3n) is 5.06. The molecular weight excluding hydrogens is 304 g/mol. The van der Waals surface area contributed by atoms with Crippen molar-refractivity contribution in [3.63, 3.8) is 0 Å². The summed E-state index contributed by atoms with van der Waals surface area (Å²) < 4.78 is 0. The molecule has 0 saturated heterocycles. The van der Waals surface area contributed by atoms with Gasteiger partial charge in [0.2, 0.25) is 0 Å². The maximum absolute atomic E-state index is 8.49. The standard InChI is InChI=1S/C24H46O/c1-2-3-4-5-6-7-8-9-10-11-12-13-14-15-16-17-18-19-20-21-22-23-24-25/h21-25H,2-20H2,1H3. The van der Waals surface area contributed by atoms with Crippen LogP contribution in [0.2, 0.25) is 0 Å². The molecule has 0 fully saturated rings. The van der Waals surface area contributed by atoms with Gasteiger partial charge in [-0.25, -0.2) is 0 Å². The van der Waals surface area contributed by atoms with Gasteiger partial charge in [-0.05, 0) is 18.9 Å². The molecule has 0 amide bonds. The summed E-state index contributed by atoms with van der Waals surface area (Å²) in [6, 6.07) is 0. The molecule has 1 N–H and O–H groups in total. The van der Waals surface area contributed by atoms with Crippen molar-refractivity contribution in [1.82, 2.24) is 0 Å². The minimum atomic E-state index is 1.09. The lowest BCUT2D eigenvalue weighted by atomic mass is 10.0. The summed E-state index contributed by atoms with van der Waals surface area (Å²) >= 11 is 0. The molecule has 1 nitrogen and oxygen atoms in total. The van der Waals surface area contributed by atoms with Crippen molar-refractivity contribution in [2.75, 3.05) is 0 Å². The number of unbranched alkanes of at least 4 members (excludes halogenated alkanes) is 18.